The van der Waals surface area contributed by atoms with Crippen LogP contribution in [-0.2, 0) is 16.0 Å². The van der Waals surface area contributed by atoms with Crippen LogP contribution in [0.1, 0.15) is 35.1 Å². The van der Waals surface area contributed by atoms with Gasteiger partial charge in [-0.15, -0.1) is 11.8 Å². The van der Waals surface area contributed by atoms with Crippen LogP contribution in [0.2, 0.25) is 0 Å². The summed E-state index contributed by atoms with van der Waals surface area (Å²) in [7, 11) is 0. The highest BCUT2D eigenvalue weighted by Crippen LogP contribution is 2.48. The van der Waals surface area contributed by atoms with E-state index in [4.69, 9.17) is 12.2 Å². The van der Waals surface area contributed by atoms with Gasteiger partial charge in [-0.1, -0.05) is 157 Å². The third-order valence-corrected chi connectivity index (χ3v) is 10.6. The number of thioether (sulfide) groups is 2. The number of allylic oxidation sites excluding steroid dienone is 1. The van der Waals surface area contributed by atoms with E-state index in [2.05, 4.69) is 103 Å². The van der Waals surface area contributed by atoms with Gasteiger partial charge in [0.1, 0.15) is 4.32 Å². The van der Waals surface area contributed by atoms with Crippen LogP contribution in [-0.4, -0.2) is 43.9 Å². The molecule has 0 saturated carbocycles. The van der Waals surface area contributed by atoms with Gasteiger partial charge in [0.05, 0.1) is 23.3 Å². The van der Waals surface area contributed by atoms with Gasteiger partial charge in [0.15, 0.2) is 0 Å². The zero-order chi connectivity index (χ0) is 29.2. The molecule has 5 rings (SSSR count). The highest BCUT2D eigenvalue weighted by atomic mass is 32.2. The van der Waals surface area contributed by atoms with Crippen molar-refractivity contribution in [2.45, 2.75) is 36.2 Å². The van der Waals surface area contributed by atoms with E-state index in [9.17, 15) is 9.90 Å². The van der Waals surface area contributed by atoms with Crippen LogP contribution in [0.4, 0.5) is 0 Å². The van der Waals surface area contributed by atoms with Crippen molar-refractivity contribution in [3.63, 3.8) is 0 Å². The minimum atomic E-state index is -0.851. The van der Waals surface area contributed by atoms with Gasteiger partial charge in [-0.25, -0.2) is 0 Å². The number of rotatable bonds is 12. The van der Waals surface area contributed by atoms with E-state index in [1.807, 2.05) is 36.0 Å². The van der Waals surface area contributed by atoms with Crippen LogP contribution < -0.4 is 0 Å². The van der Waals surface area contributed by atoms with E-state index in [0.29, 0.717) is 4.32 Å². The summed E-state index contributed by atoms with van der Waals surface area (Å²) < 4.78 is 0.232. The number of carbonyl (C=O) groups excluding carboxylic acids is 1. The Hall–Kier alpha value is -3.16. The maximum Gasteiger partial charge on any atom is 0.231 e. The Labute approximate surface area is 263 Å². The van der Waals surface area contributed by atoms with Gasteiger partial charge >= 0.3 is 0 Å². The molecule has 1 fully saturated rings. The molecule has 2 atom stereocenters. The molecule has 42 heavy (non-hydrogen) atoms. The average molecular weight is 610 g/mol. The third-order valence-electron chi connectivity index (χ3n) is 7.43. The van der Waals surface area contributed by atoms with Crippen molar-refractivity contribution in [3.8, 4) is 0 Å². The molecule has 3 nitrogen and oxygen atoms in total. The average Bonchev–Trinajstić information content (AvgIpc) is 3.40. The zero-order valence-electron chi connectivity index (χ0n) is 23.4. The number of hydrogen-bond acceptors (Lipinski definition) is 5. The minimum Gasteiger partial charge on any atom is -0.389 e. The Morgan fingerprint density at radius 1 is 0.881 bits per heavy atom. The highest BCUT2D eigenvalue weighted by molar-refractivity contribution is 8.23. The monoisotopic (exact) mass is 609 g/mol. The summed E-state index contributed by atoms with van der Waals surface area (Å²) in [4.78, 5) is 14.9. The second-order valence-electron chi connectivity index (χ2n) is 10.3. The maximum atomic E-state index is 13.2. The van der Waals surface area contributed by atoms with Crippen LogP contribution in [0.3, 0.4) is 0 Å². The lowest BCUT2D eigenvalue weighted by atomic mass is 9.84. The predicted molar refractivity (Wildman–Crippen MR) is 182 cm³/mol. The van der Waals surface area contributed by atoms with Crippen LogP contribution in [0.15, 0.2) is 133 Å². The quantitative estimate of drug-likeness (QED) is 0.0766. The lowest BCUT2D eigenvalue weighted by Crippen LogP contribution is -2.41. The molecule has 1 aliphatic heterocycles. The van der Waals surface area contributed by atoms with E-state index < -0.39 is 6.10 Å². The molecule has 0 bridgehead atoms. The van der Waals surface area contributed by atoms with Gasteiger partial charge < -0.3 is 5.11 Å². The Bertz CT molecular complexity index is 1370. The molecule has 6 heteroatoms. The smallest absolute Gasteiger partial charge is 0.231 e. The maximum absolute atomic E-state index is 13.2. The standard InChI is InChI=1S/C36H35NO2S3/c38-33(26-34(39)37-32(27-41-35(37)40)25-28-15-5-1-6-16-28)23-13-14-24-42-36(29-17-7-2-8-18-29,30-19-9-3-10-20-30)31-21-11-4-12-22-31/h1-13,15-23,32-33,38H,14,24-27H2/t32-,33-/m1/s1. The molecular formula is C36H35NO2S3. The van der Waals surface area contributed by atoms with Crippen LogP contribution >= 0.6 is 35.7 Å². The molecule has 0 aliphatic carbocycles. The molecule has 1 N–H and O–H groups in total. The molecule has 0 radical (unpaired) electrons. The molecule has 1 aliphatic rings. The number of aliphatic hydroxyl groups excluding tert-OH is 1. The van der Waals surface area contributed by atoms with Crippen LogP contribution in [0.5, 0.6) is 0 Å². The first kappa shape index (κ1) is 30.3. The van der Waals surface area contributed by atoms with Gasteiger partial charge in [0, 0.05) is 5.75 Å². The zero-order valence-corrected chi connectivity index (χ0v) is 25.9. The third kappa shape index (κ3) is 7.24. The van der Waals surface area contributed by atoms with E-state index in [1.165, 1.54) is 22.3 Å². The highest BCUT2D eigenvalue weighted by Gasteiger charge is 2.37. The van der Waals surface area contributed by atoms with E-state index in [-0.39, 0.29) is 23.1 Å². The summed E-state index contributed by atoms with van der Waals surface area (Å²) in [6, 6.07) is 42.1. The van der Waals surface area contributed by atoms with Crippen molar-refractivity contribution in [2.75, 3.05) is 11.5 Å². The van der Waals surface area contributed by atoms with Gasteiger partial charge in [-0.05, 0) is 40.8 Å². The van der Waals surface area contributed by atoms with Crippen molar-refractivity contribution in [3.05, 3.63) is 156 Å². The van der Waals surface area contributed by atoms with Crippen LogP contribution in [0, 0.1) is 0 Å². The molecule has 0 spiro atoms. The molecule has 4 aromatic rings. The topological polar surface area (TPSA) is 40.5 Å². The fourth-order valence-electron chi connectivity index (χ4n) is 5.45. The van der Waals surface area contributed by atoms with Crippen molar-refractivity contribution in [2.24, 2.45) is 0 Å². The second kappa shape index (κ2) is 14.8. The lowest BCUT2D eigenvalue weighted by Gasteiger charge is -2.35. The molecule has 214 valence electrons. The number of amides is 1. The number of benzene rings is 4. The van der Waals surface area contributed by atoms with Gasteiger partial charge in [0.25, 0.3) is 0 Å². The first-order valence-electron chi connectivity index (χ1n) is 14.3. The molecule has 1 saturated heterocycles. The SMILES string of the molecule is O=C(C[C@H](O)C=CCCSC(c1ccccc1)(c1ccccc1)c1ccccc1)N1C(=S)SC[C@H]1Cc1ccccc1. The Morgan fingerprint density at radius 2 is 1.38 bits per heavy atom. The summed E-state index contributed by atoms with van der Waals surface area (Å²) in [5.41, 5.74) is 4.87. The van der Waals surface area contributed by atoms with E-state index >= 15 is 0 Å². The van der Waals surface area contributed by atoms with E-state index in [1.54, 1.807) is 22.7 Å². The minimum absolute atomic E-state index is 0.0204. The molecule has 0 aromatic heterocycles. The number of thiocarbonyl (C=S) groups is 1. The van der Waals surface area contributed by atoms with Crippen LogP contribution in [0.25, 0.3) is 0 Å². The normalized spacial score (nSPS) is 16.2. The Morgan fingerprint density at radius 3 is 1.90 bits per heavy atom. The van der Waals surface area contributed by atoms with Gasteiger partial charge in [-0.2, -0.15) is 0 Å². The fraction of sp³-hybridized carbons (Fsp3) is 0.222. The second-order valence-corrected chi connectivity index (χ2v) is 13.3. The Kier molecular flexibility index (Phi) is 10.7. The number of hydrogen-bond donors (Lipinski definition) is 1. The molecule has 1 heterocycles. The van der Waals surface area contributed by atoms with E-state index in [0.717, 1.165) is 24.3 Å². The van der Waals surface area contributed by atoms with Gasteiger partial charge in [-0.3, -0.25) is 9.69 Å². The summed E-state index contributed by atoms with van der Waals surface area (Å²) in [5.74, 6) is 1.50. The van der Waals surface area contributed by atoms with Crippen molar-refractivity contribution in [1.82, 2.24) is 4.90 Å². The summed E-state index contributed by atoms with van der Waals surface area (Å²) in [5, 5.41) is 10.7. The molecule has 4 aromatic carbocycles. The Balaban J connectivity index is 1.24. The fourth-order valence-corrected chi connectivity index (χ4v) is 8.36. The van der Waals surface area contributed by atoms with Crippen molar-refractivity contribution < 1.29 is 9.90 Å². The van der Waals surface area contributed by atoms with Gasteiger partial charge in [0.2, 0.25) is 5.91 Å². The molecular weight excluding hydrogens is 575 g/mol. The largest absolute Gasteiger partial charge is 0.389 e. The summed E-state index contributed by atoms with van der Waals surface area (Å²) >= 11 is 8.94. The first-order chi connectivity index (χ1) is 20.6. The summed E-state index contributed by atoms with van der Waals surface area (Å²) in [6.45, 7) is 0. The number of carbonyl (C=O) groups is 1. The molecule has 0 unspecified atom stereocenters. The first-order valence-corrected chi connectivity index (χ1v) is 16.6. The number of nitrogens with zero attached hydrogens (tertiary/aromatic N) is 1. The number of aliphatic hydroxyl groups is 1. The van der Waals surface area contributed by atoms with Crippen molar-refractivity contribution in [1.29, 1.82) is 0 Å². The predicted octanol–water partition coefficient (Wildman–Crippen LogP) is 7.88. The summed E-state index contributed by atoms with van der Waals surface area (Å²) in [6.07, 6.45) is 4.45. The van der Waals surface area contributed by atoms with Crippen molar-refractivity contribution >= 4 is 46.0 Å². The lowest BCUT2D eigenvalue weighted by molar-refractivity contribution is -0.129. The molecule has 1 amide bonds.